The standard InChI is InChI=1S/C21H24N10O6S2/c22-13(9-1-3-10(4-2-9)25-8-32)16(33)26-14-17(34)31-15(19(35)36)11(7-38-18(14)31)12(5-6-24-20(23)37)39-21-27-29-30-28-21/h1-4,8,12-14,18H,5-7,22H2,(H,25,32)(H,26,33)(H,35,36)(H3,23,24,37)(H,27,28,29,30)/t12?,13?,14?,18-/m0/s1. The molecule has 4 rings (SSSR count). The van der Waals surface area contributed by atoms with Gasteiger partial charge in [-0.15, -0.1) is 22.0 Å². The smallest absolute Gasteiger partial charge is 0.352 e. The first-order chi connectivity index (χ1) is 18.7. The third kappa shape index (κ3) is 6.13. The number of aromatic amines is 1. The van der Waals surface area contributed by atoms with Crippen molar-refractivity contribution < 1.29 is 29.1 Å². The van der Waals surface area contributed by atoms with Crippen LogP contribution in [-0.4, -0.2) is 89.8 Å². The molecule has 0 saturated carbocycles. The number of primary amides is 1. The zero-order valence-electron chi connectivity index (χ0n) is 20.1. The molecule has 16 nitrogen and oxygen atoms in total. The normalized spacial score (nSPS) is 19.8. The molecular formula is C21H24N10O6S2. The molecule has 3 heterocycles. The number of urea groups is 1. The van der Waals surface area contributed by atoms with Gasteiger partial charge >= 0.3 is 12.0 Å². The molecule has 2 aliphatic rings. The fourth-order valence-corrected chi connectivity index (χ4v) is 6.64. The van der Waals surface area contributed by atoms with Crippen LogP contribution in [0.5, 0.6) is 0 Å². The predicted molar refractivity (Wildman–Crippen MR) is 139 cm³/mol. The summed E-state index contributed by atoms with van der Waals surface area (Å²) in [6.45, 7) is 0.145. The second kappa shape index (κ2) is 12.1. The summed E-state index contributed by atoms with van der Waals surface area (Å²) in [5.74, 6) is -2.28. The molecular weight excluding hydrogens is 552 g/mol. The molecule has 1 aromatic carbocycles. The molecule has 206 valence electrons. The van der Waals surface area contributed by atoms with E-state index in [1.165, 1.54) is 11.8 Å². The van der Waals surface area contributed by atoms with Crippen molar-refractivity contribution in [3.05, 3.63) is 41.1 Å². The number of aliphatic carboxylic acids is 1. The van der Waals surface area contributed by atoms with Crippen molar-refractivity contribution >= 4 is 59.4 Å². The number of nitrogens with zero attached hydrogens (tertiary/aromatic N) is 4. The van der Waals surface area contributed by atoms with Crippen LogP contribution in [0.2, 0.25) is 0 Å². The number of H-pyrrole nitrogens is 1. The number of nitrogens with one attached hydrogen (secondary N) is 4. The number of carboxylic acids is 1. The van der Waals surface area contributed by atoms with Gasteiger partial charge < -0.3 is 32.5 Å². The Morgan fingerprint density at radius 3 is 2.67 bits per heavy atom. The van der Waals surface area contributed by atoms with E-state index in [0.29, 0.717) is 23.2 Å². The molecule has 1 aromatic heterocycles. The van der Waals surface area contributed by atoms with Crippen molar-refractivity contribution in [3.8, 4) is 0 Å². The number of carboxylic acid groups (broad SMARTS) is 1. The Hall–Kier alpha value is -4.16. The molecule has 9 N–H and O–H groups in total. The fourth-order valence-electron chi connectivity index (χ4n) is 4.10. The molecule has 18 heteroatoms. The predicted octanol–water partition coefficient (Wildman–Crippen LogP) is -1.27. The van der Waals surface area contributed by atoms with Crippen LogP contribution in [0.1, 0.15) is 18.0 Å². The van der Waals surface area contributed by atoms with Gasteiger partial charge in [-0.1, -0.05) is 23.9 Å². The lowest BCUT2D eigenvalue weighted by molar-refractivity contribution is -0.150. The first-order valence-corrected chi connectivity index (χ1v) is 13.3. The molecule has 3 unspecified atom stereocenters. The average molecular weight is 577 g/mol. The molecule has 4 atom stereocenters. The van der Waals surface area contributed by atoms with Crippen molar-refractivity contribution in [2.45, 2.75) is 34.3 Å². The van der Waals surface area contributed by atoms with Gasteiger partial charge in [0.05, 0.1) is 0 Å². The van der Waals surface area contributed by atoms with E-state index in [9.17, 15) is 29.1 Å². The van der Waals surface area contributed by atoms with Crippen LogP contribution in [0.15, 0.2) is 40.7 Å². The topological polar surface area (TPSA) is 251 Å². The Balaban J connectivity index is 1.50. The van der Waals surface area contributed by atoms with E-state index in [2.05, 4.69) is 36.6 Å². The quantitative estimate of drug-likeness (QED) is 0.0887. The van der Waals surface area contributed by atoms with Crippen LogP contribution in [0.4, 0.5) is 10.5 Å². The second-order valence-electron chi connectivity index (χ2n) is 8.32. The van der Waals surface area contributed by atoms with E-state index in [1.807, 2.05) is 0 Å². The minimum atomic E-state index is -1.31. The number of carbonyl (C=O) groups excluding carboxylic acids is 4. The van der Waals surface area contributed by atoms with Gasteiger partial charge in [0.25, 0.3) is 5.91 Å². The second-order valence-corrected chi connectivity index (χ2v) is 10.6. The number of hydrogen-bond donors (Lipinski definition) is 7. The van der Waals surface area contributed by atoms with E-state index in [0.717, 1.165) is 16.7 Å². The molecule has 1 saturated heterocycles. The van der Waals surface area contributed by atoms with Gasteiger partial charge in [-0.3, -0.25) is 19.3 Å². The lowest BCUT2D eigenvalue weighted by Crippen LogP contribution is -2.71. The highest BCUT2D eigenvalue weighted by atomic mass is 32.2. The number of nitrogens with two attached hydrogens (primary N) is 2. The number of tetrazole rings is 1. The lowest BCUT2D eigenvalue weighted by atomic mass is 9.99. The Morgan fingerprint density at radius 1 is 1.31 bits per heavy atom. The third-order valence-electron chi connectivity index (χ3n) is 5.94. The van der Waals surface area contributed by atoms with Crippen LogP contribution >= 0.6 is 23.5 Å². The summed E-state index contributed by atoms with van der Waals surface area (Å²) < 4.78 is 0. The van der Waals surface area contributed by atoms with Crippen LogP contribution in [0.25, 0.3) is 0 Å². The van der Waals surface area contributed by atoms with Gasteiger partial charge in [0.15, 0.2) is 0 Å². The number of benzene rings is 1. The van der Waals surface area contributed by atoms with E-state index >= 15 is 0 Å². The van der Waals surface area contributed by atoms with Crippen molar-refractivity contribution in [2.24, 2.45) is 11.5 Å². The summed E-state index contributed by atoms with van der Waals surface area (Å²) in [6, 6.07) is 3.52. The minimum Gasteiger partial charge on any atom is -0.477 e. The van der Waals surface area contributed by atoms with Gasteiger partial charge in [0, 0.05) is 23.2 Å². The molecule has 0 spiro atoms. The number of anilines is 1. The molecule has 2 aromatic rings. The number of fused-ring (bicyclic) bond motifs is 1. The third-order valence-corrected chi connectivity index (χ3v) is 8.43. The summed E-state index contributed by atoms with van der Waals surface area (Å²) in [5.41, 5.74) is 12.4. The van der Waals surface area contributed by atoms with Crippen LogP contribution < -0.4 is 27.4 Å². The van der Waals surface area contributed by atoms with Crippen molar-refractivity contribution in [1.29, 1.82) is 0 Å². The average Bonchev–Trinajstić information content (AvgIpc) is 3.43. The molecule has 2 aliphatic heterocycles. The monoisotopic (exact) mass is 576 g/mol. The Labute approximate surface area is 229 Å². The van der Waals surface area contributed by atoms with Crippen molar-refractivity contribution in [2.75, 3.05) is 17.6 Å². The Bertz CT molecular complexity index is 1290. The van der Waals surface area contributed by atoms with E-state index < -0.39 is 46.5 Å². The number of thioether (sulfide) groups is 2. The molecule has 0 bridgehead atoms. The fraction of sp³-hybridized carbons (Fsp3) is 0.333. The number of carbonyl (C=O) groups is 5. The highest BCUT2D eigenvalue weighted by Gasteiger charge is 2.55. The zero-order chi connectivity index (χ0) is 28.1. The Kier molecular flexibility index (Phi) is 8.67. The van der Waals surface area contributed by atoms with E-state index in [-0.39, 0.29) is 29.6 Å². The summed E-state index contributed by atoms with van der Waals surface area (Å²) in [4.78, 5) is 61.1. The first kappa shape index (κ1) is 27.9. The summed E-state index contributed by atoms with van der Waals surface area (Å²) in [6.07, 6.45) is 0.796. The van der Waals surface area contributed by atoms with Crippen LogP contribution in [-0.2, 0) is 19.2 Å². The number of amides is 5. The first-order valence-electron chi connectivity index (χ1n) is 11.4. The number of rotatable bonds is 12. The van der Waals surface area contributed by atoms with Gasteiger partial charge in [-0.2, -0.15) is 5.21 Å². The summed E-state index contributed by atoms with van der Waals surface area (Å²) in [7, 11) is 0. The van der Waals surface area contributed by atoms with Crippen molar-refractivity contribution in [3.63, 3.8) is 0 Å². The van der Waals surface area contributed by atoms with Crippen molar-refractivity contribution in [1.82, 2.24) is 36.2 Å². The number of aromatic nitrogens is 4. The molecule has 5 amide bonds. The van der Waals surface area contributed by atoms with Crippen LogP contribution in [0.3, 0.4) is 0 Å². The minimum absolute atomic E-state index is 0.145. The van der Waals surface area contributed by atoms with Gasteiger partial charge in [-0.25, -0.2) is 9.59 Å². The van der Waals surface area contributed by atoms with Gasteiger partial charge in [0.2, 0.25) is 17.5 Å². The lowest BCUT2D eigenvalue weighted by Gasteiger charge is -2.50. The maximum Gasteiger partial charge on any atom is 0.352 e. The Morgan fingerprint density at radius 2 is 2.05 bits per heavy atom. The van der Waals surface area contributed by atoms with E-state index in [1.54, 1.807) is 24.3 Å². The largest absolute Gasteiger partial charge is 0.477 e. The SMILES string of the molecule is NC(=O)NCCC(Sc1nn[nH]n1)C1=C(C(=O)O)N2C(=O)C(NC(=O)C(N)c3ccc(NC=O)cc3)[C@@H]2SC1. The zero-order valence-corrected chi connectivity index (χ0v) is 21.7. The van der Waals surface area contributed by atoms with Gasteiger partial charge in [-0.05, 0) is 34.9 Å². The number of β-lactam (4-membered cyclic amide) rings is 1. The maximum atomic E-state index is 13.1. The summed E-state index contributed by atoms with van der Waals surface area (Å²) in [5, 5.41) is 30.3. The number of hydrogen-bond acceptors (Lipinski definition) is 11. The van der Waals surface area contributed by atoms with E-state index in [4.69, 9.17) is 11.5 Å². The maximum absolute atomic E-state index is 13.1. The molecule has 39 heavy (non-hydrogen) atoms. The van der Waals surface area contributed by atoms with Crippen LogP contribution in [0, 0.1) is 0 Å². The highest BCUT2D eigenvalue weighted by Crippen LogP contribution is 2.44. The van der Waals surface area contributed by atoms with Gasteiger partial charge in [0.1, 0.15) is 23.2 Å². The highest BCUT2D eigenvalue weighted by molar-refractivity contribution is 8.01. The molecule has 0 aliphatic carbocycles. The molecule has 1 fully saturated rings. The molecule has 0 radical (unpaired) electrons. The summed E-state index contributed by atoms with van der Waals surface area (Å²) >= 11 is 2.42.